The highest BCUT2D eigenvalue weighted by atomic mass is 19.4. The molecule has 1 unspecified atom stereocenters. The minimum atomic E-state index is -4.36. The lowest BCUT2D eigenvalue weighted by atomic mass is 9.98. The van der Waals surface area contributed by atoms with Crippen LogP contribution in [-0.2, 0) is 23.9 Å². The van der Waals surface area contributed by atoms with Gasteiger partial charge < -0.3 is 9.67 Å². The van der Waals surface area contributed by atoms with E-state index in [-0.39, 0.29) is 0 Å². The van der Waals surface area contributed by atoms with E-state index in [1.165, 1.54) is 12.1 Å². The molecule has 1 aliphatic heterocycles. The van der Waals surface area contributed by atoms with E-state index in [9.17, 15) is 18.0 Å². The van der Waals surface area contributed by atoms with Crippen LogP contribution in [0.1, 0.15) is 17.8 Å². The number of fused-ring (bicyclic) bond motifs is 1. The Kier molecular flexibility index (Phi) is 3.42. The Morgan fingerprint density at radius 3 is 2.55 bits per heavy atom. The minimum absolute atomic E-state index is 0.343. The Morgan fingerprint density at radius 1 is 1.27 bits per heavy atom. The number of aryl methyl sites for hydroxylation is 1. The van der Waals surface area contributed by atoms with Crippen LogP contribution in [0.5, 0.6) is 0 Å². The monoisotopic (exact) mass is 310 g/mol. The molecule has 0 bridgehead atoms. The fraction of sp³-hybridized carbons (Fsp3) is 0.333. The molecule has 4 nitrogen and oxygen atoms in total. The molecular weight excluding hydrogens is 297 g/mol. The number of benzene rings is 1. The number of aliphatic carboxylic acids is 1. The van der Waals surface area contributed by atoms with Crippen molar-refractivity contribution in [3.8, 4) is 11.3 Å². The molecule has 1 aromatic heterocycles. The van der Waals surface area contributed by atoms with E-state index in [2.05, 4.69) is 4.98 Å². The van der Waals surface area contributed by atoms with Crippen LogP contribution in [0.2, 0.25) is 0 Å². The van der Waals surface area contributed by atoms with Gasteiger partial charge in [-0.3, -0.25) is 4.79 Å². The molecule has 22 heavy (non-hydrogen) atoms. The van der Waals surface area contributed by atoms with Gasteiger partial charge in [0.2, 0.25) is 0 Å². The SMILES string of the molecule is O=C(O)C1CCn2cc(-c3ccc(C(F)(F)F)cc3)nc2C1. The predicted molar refractivity (Wildman–Crippen MR) is 72.1 cm³/mol. The summed E-state index contributed by atoms with van der Waals surface area (Å²) in [4.78, 5) is 15.4. The highest BCUT2D eigenvalue weighted by molar-refractivity contribution is 5.70. The Labute approximate surface area is 124 Å². The summed E-state index contributed by atoms with van der Waals surface area (Å²) in [6.45, 7) is 0.555. The van der Waals surface area contributed by atoms with Crippen molar-refractivity contribution in [2.75, 3.05) is 0 Å². The first-order valence-corrected chi connectivity index (χ1v) is 6.81. The molecule has 0 saturated heterocycles. The number of rotatable bonds is 2. The third-order valence-electron chi connectivity index (χ3n) is 3.86. The topological polar surface area (TPSA) is 55.1 Å². The Hall–Kier alpha value is -2.31. The zero-order valence-corrected chi connectivity index (χ0v) is 11.5. The summed E-state index contributed by atoms with van der Waals surface area (Å²) in [6.07, 6.45) is -1.72. The normalized spacial score (nSPS) is 18.0. The summed E-state index contributed by atoms with van der Waals surface area (Å²) in [6, 6.07) is 4.80. The summed E-state index contributed by atoms with van der Waals surface area (Å²) < 4.78 is 39.5. The van der Waals surface area contributed by atoms with Crippen molar-refractivity contribution in [2.24, 2.45) is 5.92 Å². The molecule has 1 aliphatic rings. The van der Waals surface area contributed by atoms with Crippen molar-refractivity contribution in [3.05, 3.63) is 41.9 Å². The van der Waals surface area contributed by atoms with Gasteiger partial charge in [-0.25, -0.2) is 4.98 Å². The zero-order valence-electron chi connectivity index (χ0n) is 11.5. The standard InChI is InChI=1S/C15H13F3N2O2/c16-15(17,18)11-3-1-9(2-4-11)12-8-20-6-5-10(14(21)22)7-13(20)19-12/h1-4,8,10H,5-7H2,(H,21,22). The Bertz CT molecular complexity index is 705. The molecule has 0 aliphatic carbocycles. The van der Waals surface area contributed by atoms with Crippen LogP contribution in [0.25, 0.3) is 11.3 Å². The van der Waals surface area contributed by atoms with Gasteiger partial charge in [-0.05, 0) is 18.6 Å². The molecule has 1 aromatic carbocycles. The van der Waals surface area contributed by atoms with E-state index in [1.807, 2.05) is 4.57 Å². The van der Waals surface area contributed by atoms with Crippen molar-refractivity contribution in [1.29, 1.82) is 0 Å². The molecular formula is C15H13F3N2O2. The van der Waals surface area contributed by atoms with Gasteiger partial charge in [-0.2, -0.15) is 13.2 Å². The second-order valence-corrected chi connectivity index (χ2v) is 5.34. The van der Waals surface area contributed by atoms with Crippen LogP contribution in [0.3, 0.4) is 0 Å². The molecule has 0 fully saturated rings. The lowest BCUT2D eigenvalue weighted by Crippen LogP contribution is -2.25. The average molecular weight is 310 g/mol. The highest BCUT2D eigenvalue weighted by Crippen LogP contribution is 2.31. The van der Waals surface area contributed by atoms with Gasteiger partial charge >= 0.3 is 12.1 Å². The van der Waals surface area contributed by atoms with Crippen LogP contribution < -0.4 is 0 Å². The number of hydrogen-bond acceptors (Lipinski definition) is 2. The van der Waals surface area contributed by atoms with Crippen LogP contribution >= 0.6 is 0 Å². The van der Waals surface area contributed by atoms with E-state index < -0.39 is 23.6 Å². The third kappa shape index (κ3) is 2.70. The molecule has 2 aromatic rings. The van der Waals surface area contributed by atoms with Gasteiger partial charge in [0.05, 0.1) is 17.2 Å². The van der Waals surface area contributed by atoms with Gasteiger partial charge in [0.15, 0.2) is 0 Å². The number of nitrogens with zero attached hydrogens (tertiary/aromatic N) is 2. The van der Waals surface area contributed by atoms with E-state index in [0.29, 0.717) is 36.5 Å². The fourth-order valence-corrected chi connectivity index (χ4v) is 2.61. The molecule has 116 valence electrons. The number of carboxylic acid groups (broad SMARTS) is 1. The summed E-state index contributed by atoms with van der Waals surface area (Å²) in [5, 5.41) is 9.05. The molecule has 0 spiro atoms. The van der Waals surface area contributed by atoms with Gasteiger partial charge in [-0.1, -0.05) is 12.1 Å². The van der Waals surface area contributed by atoms with E-state index in [0.717, 1.165) is 12.1 Å². The highest BCUT2D eigenvalue weighted by Gasteiger charge is 2.30. The number of carbonyl (C=O) groups is 1. The molecule has 1 atom stereocenters. The van der Waals surface area contributed by atoms with E-state index in [4.69, 9.17) is 5.11 Å². The van der Waals surface area contributed by atoms with Crippen molar-refractivity contribution in [3.63, 3.8) is 0 Å². The maximum absolute atomic E-state index is 12.6. The van der Waals surface area contributed by atoms with Crippen LogP contribution in [0, 0.1) is 5.92 Å². The summed E-state index contributed by atoms with van der Waals surface area (Å²) in [5.74, 6) is -0.630. The lowest BCUT2D eigenvalue weighted by molar-refractivity contribution is -0.142. The first kappa shape index (κ1) is 14.6. The van der Waals surface area contributed by atoms with Crippen molar-refractivity contribution in [2.45, 2.75) is 25.6 Å². The Balaban J connectivity index is 1.87. The largest absolute Gasteiger partial charge is 0.481 e. The molecule has 3 rings (SSSR count). The van der Waals surface area contributed by atoms with Crippen LogP contribution in [0.4, 0.5) is 13.2 Å². The third-order valence-corrected chi connectivity index (χ3v) is 3.86. The van der Waals surface area contributed by atoms with Gasteiger partial charge in [0, 0.05) is 24.7 Å². The minimum Gasteiger partial charge on any atom is -0.481 e. The molecule has 1 N–H and O–H groups in total. The van der Waals surface area contributed by atoms with Crippen molar-refractivity contribution < 1.29 is 23.1 Å². The number of hydrogen-bond donors (Lipinski definition) is 1. The predicted octanol–water partition coefficient (Wildman–Crippen LogP) is 3.22. The lowest BCUT2D eigenvalue weighted by Gasteiger charge is -2.19. The summed E-state index contributed by atoms with van der Waals surface area (Å²) in [5.41, 5.74) is 0.447. The number of carboxylic acids is 1. The second kappa shape index (κ2) is 5.15. The fourth-order valence-electron chi connectivity index (χ4n) is 2.61. The van der Waals surface area contributed by atoms with Gasteiger partial charge in [-0.15, -0.1) is 0 Å². The first-order valence-electron chi connectivity index (χ1n) is 6.81. The van der Waals surface area contributed by atoms with E-state index in [1.54, 1.807) is 6.20 Å². The summed E-state index contributed by atoms with van der Waals surface area (Å²) in [7, 11) is 0. The number of halogens is 3. The van der Waals surface area contributed by atoms with Gasteiger partial charge in [0.1, 0.15) is 5.82 Å². The molecule has 0 radical (unpaired) electrons. The van der Waals surface area contributed by atoms with Crippen LogP contribution in [0.15, 0.2) is 30.5 Å². The van der Waals surface area contributed by atoms with Crippen LogP contribution in [-0.4, -0.2) is 20.6 Å². The molecule has 7 heteroatoms. The van der Waals surface area contributed by atoms with Gasteiger partial charge in [0.25, 0.3) is 0 Å². The Morgan fingerprint density at radius 2 is 1.95 bits per heavy atom. The van der Waals surface area contributed by atoms with E-state index >= 15 is 0 Å². The van der Waals surface area contributed by atoms with Crippen molar-refractivity contribution >= 4 is 5.97 Å². The second-order valence-electron chi connectivity index (χ2n) is 5.34. The number of alkyl halides is 3. The van der Waals surface area contributed by atoms with Crippen molar-refractivity contribution in [1.82, 2.24) is 9.55 Å². The molecule has 0 amide bonds. The average Bonchev–Trinajstić information content (AvgIpc) is 2.89. The smallest absolute Gasteiger partial charge is 0.416 e. The maximum atomic E-state index is 12.6. The number of imidazole rings is 1. The first-order chi connectivity index (χ1) is 10.3. The number of aromatic nitrogens is 2. The zero-order chi connectivity index (χ0) is 15.9. The molecule has 0 saturated carbocycles. The quantitative estimate of drug-likeness (QED) is 0.926. The summed E-state index contributed by atoms with van der Waals surface area (Å²) >= 11 is 0. The maximum Gasteiger partial charge on any atom is 0.416 e. The molecule has 2 heterocycles.